The van der Waals surface area contributed by atoms with Gasteiger partial charge in [0.05, 0.1) is 6.04 Å². The first-order valence-corrected chi connectivity index (χ1v) is 11.1. The topological polar surface area (TPSA) is 70.1 Å². The molecule has 6 heteroatoms. The van der Waals surface area contributed by atoms with Crippen LogP contribution in [0.15, 0.2) is 91.0 Å². The van der Waals surface area contributed by atoms with Crippen molar-refractivity contribution in [3.8, 4) is 0 Å². The standard InChI is InChI=1S/C27H28N2O4/c1-28(25(21-13-7-3-8-14-21)22-15-9-4-10-16-22)26(31)23-17-18-24(30)29(23)27(32)33-19-20-11-5-2-6-12-20/h2-16,23-25,30H,17-19H2,1H3/t23-,24?/m0/s1. The van der Waals surface area contributed by atoms with E-state index in [0.29, 0.717) is 12.8 Å². The average molecular weight is 445 g/mol. The zero-order chi connectivity index (χ0) is 23.2. The molecule has 2 amide bonds. The van der Waals surface area contributed by atoms with Crippen LogP contribution in [0, 0.1) is 0 Å². The Bertz CT molecular complexity index is 1020. The number of aliphatic hydroxyl groups is 1. The SMILES string of the molecule is CN(C(=O)[C@@H]1CCC(O)N1C(=O)OCc1ccccc1)C(c1ccccc1)c1ccccc1. The lowest BCUT2D eigenvalue weighted by Crippen LogP contribution is -2.50. The van der Waals surface area contributed by atoms with Crippen molar-refractivity contribution in [1.82, 2.24) is 9.80 Å². The maximum atomic E-state index is 13.6. The minimum atomic E-state index is -1.05. The molecule has 1 aliphatic heterocycles. The molecule has 3 aromatic carbocycles. The van der Waals surface area contributed by atoms with Crippen LogP contribution in [0.2, 0.25) is 0 Å². The second-order valence-corrected chi connectivity index (χ2v) is 8.19. The van der Waals surface area contributed by atoms with Gasteiger partial charge in [0.2, 0.25) is 5.91 Å². The lowest BCUT2D eigenvalue weighted by molar-refractivity contribution is -0.137. The van der Waals surface area contributed by atoms with Crippen LogP contribution in [0.4, 0.5) is 4.79 Å². The molecule has 0 aliphatic carbocycles. The number of amides is 2. The number of nitrogens with zero attached hydrogens (tertiary/aromatic N) is 2. The van der Waals surface area contributed by atoms with Gasteiger partial charge in [0.25, 0.3) is 0 Å². The van der Waals surface area contributed by atoms with E-state index in [1.54, 1.807) is 11.9 Å². The Morgan fingerprint density at radius 3 is 1.97 bits per heavy atom. The zero-order valence-corrected chi connectivity index (χ0v) is 18.6. The highest BCUT2D eigenvalue weighted by molar-refractivity contribution is 5.87. The molecule has 1 saturated heterocycles. The number of ether oxygens (including phenoxy) is 1. The van der Waals surface area contributed by atoms with E-state index >= 15 is 0 Å². The number of benzene rings is 3. The van der Waals surface area contributed by atoms with Crippen LogP contribution in [0.3, 0.4) is 0 Å². The minimum absolute atomic E-state index is 0.0797. The monoisotopic (exact) mass is 444 g/mol. The van der Waals surface area contributed by atoms with Gasteiger partial charge in [-0.3, -0.25) is 9.69 Å². The summed E-state index contributed by atoms with van der Waals surface area (Å²) >= 11 is 0. The van der Waals surface area contributed by atoms with Gasteiger partial charge in [0.15, 0.2) is 0 Å². The predicted molar refractivity (Wildman–Crippen MR) is 125 cm³/mol. The molecule has 1 aliphatic rings. The number of aliphatic hydroxyl groups excluding tert-OH is 1. The smallest absolute Gasteiger partial charge is 0.412 e. The van der Waals surface area contributed by atoms with Gasteiger partial charge in [-0.2, -0.15) is 0 Å². The van der Waals surface area contributed by atoms with Crippen LogP contribution >= 0.6 is 0 Å². The van der Waals surface area contributed by atoms with Gasteiger partial charge >= 0.3 is 6.09 Å². The fourth-order valence-corrected chi connectivity index (χ4v) is 4.35. The highest BCUT2D eigenvalue weighted by Gasteiger charge is 2.43. The van der Waals surface area contributed by atoms with Crippen LogP contribution in [-0.2, 0) is 16.1 Å². The van der Waals surface area contributed by atoms with E-state index in [2.05, 4.69) is 0 Å². The molecule has 170 valence electrons. The Labute approximate surface area is 194 Å². The first kappa shape index (κ1) is 22.6. The first-order chi connectivity index (χ1) is 16.1. The molecule has 6 nitrogen and oxygen atoms in total. The van der Waals surface area contributed by atoms with Gasteiger partial charge in [-0.15, -0.1) is 0 Å². The van der Waals surface area contributed by atoms with Crippen molar-refractivity contribution < 1.29 is 19.4 Å². The fourth-order valence-electron chi connectivity index (χ4n) is 4.35. The summed E-state index contributed by atoms with van der Waals surface area (Å²) in [7, 11) is 1.74. The second kappa shape index (κ2) is 10.3. The molecule has 0 spiro atoms. The average Bonchev–Trinajstić information content (AvgIpc) is 3.25. The van der Waals surface area contributed by atoms with Gasteiger partial charge in [-0.05, 0) is 29.5 Å². The highest BCUT2D eigenvalue weighted by Crippen LogP contribution is 2.31. The fraction of sp³-hybridized carbons (Fsp3) is 0.259. The number of rotatable bonds is 6. The molecule has 0 bridgehead atoms. The van der Waals surface area contributed by atoms with Gasteiger partial charge in [-0.25, -0.2) is 4.79 Å². The van der Waals surface area contributed by atoms with Gasteiger partial charge in [-0.1, -0.05) is 91.0 Å². The molecule has 1 N–H and O–H groups in total. The summed E-state index contributed by atoms with van der Waals surface area (Å²) < 4.78 is 5.43. The van der Waals surface area contributed by atoms with E-state index in [9.17, 15) is 14.7 Å². The van der Waals surface area contributed by atoms with Crippen molar-refractivity contribution in [2.75, 3.05) is 7.05 Å². The summed E-state index contributed by atoms with van der Waals surface area (Å²) in [6, 6.07) is 27.8. The van der Waals surface area contributed by atoms with Crippen LogP contribution in [0.5, 0.6) is 0 Å². The van der Waals surface area contributed by atoms with E-state index in [0.717, 1.165) is 16.7 Å². The Morgan fingerprint density at radius 1 is 0.909 bits per heavy atom. The van der Waals surface area contributed by atoms with E-state index in [4.69, 9.17) is 4.74 Å². The van der Waals surface area contributed by atoms with E-state index < -0.39 is 18.4 Å². The summed E-state index contributed by atoms with van der Waals surface area (Å²) in [6.07, 6.45) is -1.04. The summed E-state index contributed by atoms with van der Waals surface area (Å²) in [6.45, 7) is 0.0797. The zero-order valence-electron chi connectivity index (χ0n) is 18.6. The van der Waals surface area contributed by atoms with Crippen LogP contribution < -0.4 is 0 Å². The lowest BCUT2D eigenvalue weighted by atomic mass is 9.96. The van der Waals surface area contributed by atoms with Gasteiger partial charge in [0, 0.05) is 7.05 Å². The number of likely N-dealkylation sites (tertiary alicyclic amines) is 1. The van der Waals surface area contributed by atoms with E-state index in [-0.39, 0.29) is 18.6 Å². The maximum absolute atomic E-state index is 13.6. The number of likely N-dealkylation sites (N-methyl/N-ethyl adjacent to an activating group) is 1. The molecule has 1 fully saturated rings. The van der Waals surface area contributed by atoms with Crippen LogP contribution in [0.25, 0.3) is 0 Å². The molecule has 2 atom stereocenters. The van der Waals surface area contributed by atoms with Crippen LogP contribution in [0.1, 0.15) is 35.6 Å². The minimum Gasteiger partial charge on any atom is -0.444 e. The Balaban J connectivity index is 1.54. The normalized spacial score (nSPS) is 17.7. The maximum Gasteiger partial charge on any atom is 0.412 e. The third-order valence-electron chi connectivity index (χ3n) is 6.02. The van der Waals surface area contributed by atoms with Crippen molar-refractivity contribution in [3.05, 3.63) is 108 Å². The number of hydrogen-bond acceptors (Lipinski definition) is 4. The van der Waals surface area contributed by atoms with Crippen molar-refractivity contribution >= 4 is 12.0 Å². The molecule has 0 aromatic heterocycles. The molecule has 4 rings (SSSR count). The molecular weight excluding hydrogens is 416 g/mol. The number of hydrogen-bond donors (Lipinski definition) is 1. The molecular formula is C27H28N2O4. The molecule has 1 heterocycles. The van der Waals surface area contributed by atoms with Crippen molar-refractivity contribution in [2.24, 2.45) is 0 Å². The molecule has 33 heavy (non-hydrogen) atoms. The lowest BCUT2D eigenvalue weighted by Gasteiger charge is -2.34. The summed E-state index contributed by atoms with van der Waals surface area (Å²) in [5.74, 6) is -0.235. The molecule has 0 saturated carbocycles. The third kappa shape index (κ3) is 5.07. The van der Waals surface area contributed by atoms with E-state index in [1.165, 1.54) is 4.90 Å². The van der Waals surface area contributed by atoms with Crippen molar-refractivity contribution in [1.29, 1.82) is 0 Å². The predicted octanol–water partition coefficient (Wildman–Crippen LogP) is 4.35. The van der Waals surface area contributed by atoms with Gasteiger partial charge < -0.3 is 14.7 Å². The molecule has 3 aromatic rings. The highest BCUT2D eigenvalue weighted by atomic mass is 16.6. The Kier molecular flexibility index (Phi) is 7.05. The summed E-state index contributed by atoms with van der Waals surface area (Å²) in [5.41, 5.74) is 2.78. The van der Waals surface area contributed by atoms with Crippen LogP contribution in [-0.4, -0.2) is 46.2 Å². The molecule has 1 unspecified atom stereocenters. The first-order valence-electron chi connectivity index (χ1n) is 11.1. The van der Waals surface area contributed by atoms with Crippen molar-refractivity contribution in [2.45, 2.75) is 37.8 Å². The number of carbonyl (C=O) groups is 2. The van der Waals surface area contributed by atoms with Crippen molar-refractivity contribution in [3.63, 3.8) is 0 Å². The Morgan fingerprint density at radius 2 is 1.42 bits per heavy atom. The largest absolute Gasteiger partial charge is 0.444 e. The quantitative estimate of drug-likeness (QED) is 0.614. The van der Waals surface area contributed by atoms with E-state index in [1.807, 2.05) is 91.0 Å². The Hall–Kier alpha value is -3.64. The van der Waals surface area contributed by atoms with Gasteiger partial charge in [0.1, 0.15) is 18.9 Å². The molecule has 0 radical (unpaired) electrons. The third-order valence-corrected chi connectivity index (χ3v) is 6.02. The summed E-state index contributed by atoms with van der Waals surface area (Å²) in [4.78, 5) is 29.3. The number of carbonyl (C=O) groups excluding carboxylic acids is 2. The summed E-state index contributed by atoms with van der Waals surface area (Å²) in [5, 5.41) is 10.5. The second-order valence-electron chi connectivity index (χ2n) is 8.19.